The van der Waals surface area contributed by atoms with Crippen molar-refractivity contribution in [2.24, 2.45) is 0 Å². The summed E-state index contributed by atoms with van der Waals surface area (Å²) in [5, 5.41) is 5.96. The van der Waals surface area contributed by atoms with Crippen LogP contribution in [0.4, 0.5) is 5.69 Å². The van der Waals surface area contributed by atoms with E-state index in [1.807, 2.05) is 12.1 Å². The van der Waals surface area contributed by atoms with Gasteiger partial charge in [-0.15, -0.1) is 11.8 Å². The van der Waals surface area contributed by atoms with Crippen molar-refractivity contribution in [1.82, 2.24) is 5.32 Å². The molecule has 2 amide bonds. The van der Waals surface area contributed by atoms with E-state index in [4.69, 9.17) is 0 Å². The second kappa shape index (κ2) is 6.52. The van der Waals surface area contributed by atoms with E-state index in [-0.39, 0.29) is 11.8 Å². The van der Waals surface area contributed by atoms with Gasteiger partial charge in [-0.1, -0.05) is 25.7 Å². The van der Waals surface area contributed by atoms with E-state index in [1.54, 1.807) is 6.07 Å². The van der Waals surface area contributed by atoms with E-state index in [9.17, 15) is 9.59 Å². The highest BCUT2D eigenvalue weighted by Crippen LogP contribution is 2.32. The van der Waals surface area contributed by atoms with E-state index in [0.717, 1.165) is 23.4 Å². The normalized spacial score (nSPS) is 19.3. The molecule has 1 aromatic rings. The lowest BCUT2D eigenvalue weighted by Crippen LogP contribution is -2.34. The average Bonchev–Trinajstić information content (AvgIpc) is 2.75. The minimum absolute atomic E-state index is 0.00572. The summed E-state index contributed by atoms with van der Waals surface area (Å²) < 4.78 is 0. The Hall–Kier alpha value is -1.49. The van der Waals surface area contributed by atoms with Crippen LogP contribution < -0.4 is 10.6 Å². The van der Waals surface area contributed by atoms with Crippen molar-refractivity contribution in [1.29, 1.82) is 0 Å². The summed E-state index contributed by atoms with van der Waals surface area (Å²) in [6.07, 6.45) is 7.08. The molecule has 2 N–H and O–H groups in total. The molecule has 0 bridgehead atoms. The van der Waals surface area contributed by atoms with Crippen molar-refractivity contribution in [2.45, 2.75) is 49.5 Å². The number of carbonyl (C=O) groups excluding carboxylic acids is 2. The maximum Gasteiger partial charge on any atom is 0.251 e. The Bertz CT molecular complexity index is 551. The van der Waals surface area contributed by atoms with Crippen molar-refractivity contribution >= 4 is 29.3 Å². The number of rotatable bonds is 2. The summed E-state index contributed by atoms with van der Waals surface area (Å²) in [6.45, 7) is 0. The topological polar surface area (TPSA) is 58.2 Å². The van der Waals surface area contributed by atoms with Crippen LogP contribution in [-0.4, -0.2) is 23.6 Å². The number of benzene rings is 1. The lowest BCUT2D eigenvalue weighted by molar-refractivity contribution is -0.113. The van der Waals surface area contributed by atoms with Crippen molar-refractivity contribution < 1.29 is 9.59 Å². The molecule has 0 spiro atoms. The fourth-order valence-corrected chi connectivity index (χ4v) is 3.71. The first kappa shape index (κ1) is 14.4. The van der Waals surface area contributed by atoms with Crippen molar-refractivity contribution in [3.05, 3.63) is 23.8 Å². The first-order valence-electron chi connectivity index (χ1n) is 7.60. The predicted molar refractivity (Wildman–Crippen MR) is 84.8 cm³/mol. The van der Waals surface area contributed by atoms with Crippen molar-refractivity contribution in [2.75, 3.05) is 11.1 Å². The van der Waals surface area contributed by atoms with Gasteiger partial charge in [0.2, 0.25) is 5.91 Å². The summed E-state index contributed by atoms with van der Waals surface area (Å²) in [5.74, 6) is 0.406. The fraction of sp³-hybridized carbons (Fsp3) is 0.500. The van der Waals surface area contributed by atoms with Gasteiger partial charge < -0.3 is 10.6 Å². The number of hydrogen-bond donors (Lipinski definition) is 2. The third kappa shape index (κ3) is 3.59. The zero-order valence-electron chi connectivity index (χ0n) is 12.0. The molecule has 1 aromatic carbocycles. The highest BCUT2D eigenvalue weighted by atomic mass is 32.2. The molecule has 0 saturated heterocycles. The number of anilines is 1. The Morgan fingerprint density at radius 3 is 2.71 bits per heavy atom. The van der Waals surface area contributed by atoms with Crippen LogP contribution in [0.25, 0.3) is 0 Å². The van der Waals surface area contributed by atoms with Gasteiger partial charge >= 0.3 is 0 Å². The second-order valence-corrected chi connectivity index (χ2v) is 6.73. The molecule has 0 radical (unpaired) electrons. The van der Waals surface area contributed by atoms with Crippen LogP contribution >= 0.6 is 11.8 Å². The minimum atomic E-state index is -0.0328. The van der Waals surface area contributed by atoms with Gasteiger partial charge in [0, 0.05) is 16.5 Å². The van der Waals surface area contributed by atoms with Gasteiger partial charge in [-0.3, -0.25) is 9.59 Å². The van der Waals surface area contributed by atoms with E-state index in [2.05, 4.69) is 10.6 Å². The average molecular weight is 304 g/mol. The maximum atomic E-state index is 12.4. The SMILES string of the molecule is O=C1CSc2ccc(C(=O)NC3CCCCCC3)cc2N1. The standard InChI is InChI=1S/C16H20N2O2S/c19-15-10-21-14-8-7-11(9-13(14)18-15)16(20)17-12-5-3-1-2-4-6-12/h7-9,12H,1-6,10H2,(H,17,20)(H,18,19). The van der Waals surface area contributed by atoms with Crippen molar-refractivity contribution in [3.8, 4) is 0 Å². The third-order valence-corrected chi connectivity index (χ3v) is 5.14. The molecule has 4 nitrogen and oxygen atoms in total. The molecule has 1 saturated carbocycles. The van der Waals surface area contributed by atoms with Crippen LogP contribution in [0.5, 0.6) is 0 Å². The summed E-state index contributed by atoms with van der Waals surface area (Å²) in [4.78, 5) is 24.8. The van der Waals surface area contributed by atoms with E-state index in [1.165, 1.54) is 37.4 Å². The van der Waals surface area contributed by atoms with Crippen molar-refractivity contribution in [3.63, 3.8) is 0 Å². The van der Waals surface area contributed by atoms with Gasteiger partial charge in [0.05, 0.1) is 11.4 Å². The lowest BCUT2D eigenvalue weighted by Gasteiger charge is -2.19. The van der Waals surface area contributed by atoms with Crippen LogP contribution in [0.3, 0.4) is 0 Å². The number of carbonyl (C=O) groups is 2. The second-order valence-electron chi connectivity index (χ2n) is 5.71. The summed E-state index contributed by atoms with van der Waals surface area (Å²) in [7, 11) is 0. The number of hydrogen-bond acceptors (Lipinski definition) is 3. The fourth-order valence-electron chi connectivity index (χ4n) is 2.92. The Morgan fingerprint density at radius 2 is 1.95 bits per heavy atom. The third-order valence-electron chi connectivity index (χ3n) is 4.06. The largest absolute Gasteiger partial charge is 0.349 e. The molecular weight excluding hydrogens is 284 g/mol. The Morgan fingerprint density at radius 1 is 1.19 bits per heavy atom. The van der Waals surface area contributed by atoms with Gasteiger partial charge in [0.1, 0.15) is 0 Å². The molecule has 0 atom stereocenters. The molecule has 1 aliphatic heterocycles. The smallest absolute Gasteiger partial charge is 0.251 e. The van der Waals surface area contributed by atoms with E-state index < -0.39 is 0 Å². The van der Waals surface area contributed by atoms with Crippen LogP contribution in [-0.2, 0) is 4.79 Å². The van der Waals surface area contributed by atoms with Gasteiger partial charge in [0.25, 0.3) is 5.91 Å². The quantitative estimate of drug-likeness (QED) is 0.825. The van der Waals surface area contributed by atoms with Gasteiger partial charge in [-0.25, -0.2) is 0 Å². The highest BCUT2D eigenvalue weighted by molar-refractivity contribution is 8.00. The zero-order chi connectivity index (χ0) is 14.7. The zero-order valence-corrected chi connectivity index (χ0v) is 12.8. The minimum Gasteiger partial charge on any atom is -0.349 e. The molecule has 0 unspecified atom stereocenters. The molecule has 112 valence electrons. The van der Waals surface area contributed by atoms with Crippen LogP contribution in [0, 0.1) is 0 Å². The molecule has 1 aliphatic carbocycles. The summed E-state index contributed by atoms with van der Waals surface area (Å²) in [5.41, 5.74) is 1.38. The lowest BCUT2D eigenvalue weighted by atomic mass is 10.1. The van der Waals surface area contributed by atoms with Gasteiger partial charge in [-0.05, 0) is 31.0 Å². The Balaban J connectivity index is 1.69. The number of thioether (sulfide) groups is 1. The molecule has 5 heteroatoms. The molecule has 2 aliphatic rings. The van der Waals surface area contributed by atoms with Gasteiger partial charge in [0.15, 0.2) is 0 Å². The van der Waals surface area contributed by atoms with Crippen LogP contribution in [0.1, 0.15) is 48.9 Å². The number of fused-ring (bicyclic) bond motifs is 1. The first-order chi connectivity index (χ1) is 10.2. The monoisotopic (exact) mass is 304 g/mol. The van der Waals surface area contributed by atoms with Crippen LogP contribution in [0.2, 0.25) is 0 Å². The Labute approximate surface area is 129 Å². The highest BCUT2D eigenvalue weighted by Gasteiger charge is 2.19. The van der Waals surface area contributed by atoms with Gasteiger partial charge in [-0.2, -0.15) is 0 Å². The molecule has 1 heterocycles. The molecule has 0 aromatic heterocycles. The summed E-state index contributed by atoms with van der Waals surface area (Å²) >= 11 is 1.51. The summed E-state index contributed by atoms with van der Waals surface area (Å²) in [6, 6.07) is 5.84. The first-order valence-corrected chi connectivity index (χ1v) is 8.58. The van der Waals surface area contributed by atoms with E-state index in [0.29, 0.717) is 17.4 Å². The molecule has 21 heavy (non-hydrogen) atoms. The molecule has 3 rings (SSSR count). The Kier molecular flexibility index (Phi) is 4.48. The van der Waals surface area contributed by atoms with E-state index >= 15 is 0 Å². The molecule has 1 fully saturated rings. The predicted octanol–water partition coefficient (Wildman–Crippen LogP) is 3.18. The maximum absolute atomic E-state index is 12.4. The number of amides is 2. The number of nitrogens with one attached hydrogen (secondary N) is 2. The van der Waals surface area contributed by atoms with Crippen LogP contribution in [0.15, 0.2) is 23.1 Å². The molecular formula is C16H20N2O2S.